The van der Waals surface area contributed by atoms with E-state index in [9.17, 15) is 0 Å². The number of halogens is 1. The monoisotopic (exact) mass is 382 g/mol. The molecule has 5 heteroatoms. The molecule has 3 rings (SSSR count). The van der Waals surface area contributed by atoms with Crippen LogP contribution in [0.25, 0.3) is 0 Å². The molecule has 0 aliphatic heterocycles. The van der Waals surface area contributed by atoms with Gasteiger partial charge in [-0.3, -0.25) is 0 Å². The number of nitrogens with one attached hydrogen (secondary N) is 1. The number of anilines is 3. The molecule has 0 aliphatic carbocycles. The van der Waals surface area contributed by atoms with E-state index in [0.717, 1.165) is 29.1 Å². The molecule has 0 radical (unpaired) electrons. The zero-order valence-electron chi connectivity index (χ0n) is 13.5. The van der Waals surface area contributed by atoms with E-state index in [1.54, 1.807) is 6.20 Å². The van der Waals surface area contributed by atoms with Crippen LogP contribution >= 0.6 is 15.9 Å². The highest BCUT2D eigenvalue weighted by atomic mass is 79.9. The smallest absolute Gasteiger partial charge is 0.229 e. The molecule has 2 aromatic carbocycles. The Labute approximate surface area is 150 Å². The van der Waals surface area contributed by atoms with Gasteiger partial charge in [-0.2, -0.15) is 4.98 Å². The molecule has 0 amide bonds. The highest BCUT2D eigenvalue weighted by molar-refractivity contribution is 9.10. The number of aromatic nitrogens is 2. The second-order valence-corrected chi connectivity index (χ2v) is 6.20. The molecule has 1 heterocycles. The van der Waals surface area contributed by atoms with Crippen LogP contribution in [0.2, 0.25) is 0 Å². The van der Waals surface area contributed by atoms with Gasteiger partial charge in [-0.05, 0) is 46.6 Å². The van der Waals surface area contributed by atoms with Crippen molar-refractivity contribution in [3.8, 4) is 0 Å². The third kappa shape index (κ3) is 4.11. The first-order chi connectivity index (χ1) is 11.8. The number of nitrogens with zero attached hydrogens (tertiary/aromatic N) is 3. The van der Waals surface area contributed by atoms with Crippen LogP contribution in [-0.4, -0.2) is 16.5 Å². The number of hydrogen-bond donors (Lipinski definition) is 1. The largest absolute Gasteiger partial charge is 0.352 e. The number of rotatable bonds is 6. The van der Waals surface area contributed by atoms with Crippen LogP contribution in [0.1, 0.15) is 12.5 Å². The van der Waals surface area contributed by atoms with Gasteiger partial charge in [0.05, 0.1) is 5.69 Å². The Bertz CT molecular complexity index is 792. The summed E-state index contributed by atoms with van der Waals surface area (Å²) >= 11 is 3.53. The Balaban J connectivity index is 1.79. The predicted molar refractivity (Wildman–Crippen MR) is 103 cm³/mol. The standard InChI is InChI=1S/C19H19BrN4/c1-2-24(14-15-8-4-3-5-9-15)18-12-13-21-19(23-18)22-17-11-7-6-10-16(17)20/h3-13H,2,14H2,1H3,(H,21,22,23). The fraction of sp³-hybridized carbons (Fsp3) is 0.158. The van der Waals surface area contributed by atoms with Crippen LogP contribution < -0.4 is 10.2 Å². The van der Waals surface area contributed by atoms with E-state index >= 15 is 0 Å². The molecular formula is C19H19BrN4. The predicted octanol–water partition coefficient (Wildman–Crippen LogP) is 5.01. The summed E-state index contributed by atoms with van der Waals surface area (Å²) in [6, 6.07) is 20.3. The van der Waals surface area contributed by atoms with Crippen molar-refractivity contribution in [2.75, 3.05) is 16.8 Å². The van der Waals surface area contributed by atoms with Gasteiger partial charge in [0.2, 0.25) is 5.95 Å². The van der Waals surface area contributed by atoms with Gasteiger partial charge in [0.25, 0.3) is 0 Å². The summed E-state index contributed by atoms with van der Waals surface area (Å²) in [6.45, 7) is 3.83. The van der Waals surface area contributed by atoms with Crippen molar-refractivity contribution in [2.24, 2.45) is 0 Å². The van der Waals surface area contributed by atoms with Crippen molar-refractivity contribution in [3.05, 3.63) is 76.9 Å². The summed E-state index contributed by atoms with van der Waals surface area (Å²) in [5.41, 5.74) is 2.21. The maximum absolute atomic E-state index is 4.66. The maximum Gasteiger partial charge on any atom is 0.229 e. The fourth-order valence-electron chi connectivity index (χ4n) is 2.43. The van der Waals surface area contributed by atoms with Crippen molar-refractivity contribution in [2.45, 2.75) is 13.5 Å². The van der Waals surface area contributed by atoms with E-state index in [1.807, 2.05) is 36.4 Å². The molecule has 122 valence electrons. The highest BCUT2D eigenvalue weighted by Gasteiger charge is 2.09. The first-order valence-electron chi connectivity index (χ1n) is 7.89. The van der Waals surface area contributed by atoms with Gasteiger partial charge >= 0.3 is 0 Å². The van der Waals surface area contributed by atoms with Crippen LogP contribution in [0, 0.1) is 0 Å². The molecule has 0 atom stereocenters. The lowest BCUT2D eigenvalue weighted by molar-refractivity contribution is 0.811. The topological polar surface area (TPSA) is 41.1 Å². The van der Waals surface area contributed by atoms with Gasteiger partial charge in [0, 0.05) is 23.8 Å². The van der Waals surface area contributed by atoms with Gasteiger partial charge in [-0.15, -0.1) is 0 Å². The summed E-state index contributed by atoms with van der Waals surface area (Å²) in [4.78, 5) is 11.2. The summed E-state index contributed by atoms with van der Waals surface area (Å²) < 4.78 is 0.982. The van der Waals surface area contributed by atoms with Crippen molar-refractivity contribution in [3.63, 3.8) is 0 Å². The molecule has 0 spiro atoms. The van der Waals surface area contributed by atoms with Crippen molar-refractivity contribution in [1.82, 2.24) is 9.97 Å². The van der Waals surface area contributed by atoms with Crippen molar-refractivity contribution in [1.29, 1.82) is 0 Å². The molecule has 24 heavy (non-hydrogen) atoms. The zero-order chi connectivity index (χ0) is 16.8. The van der Waals surface area contributed by atoms with E-state index in [4.69, 9.17) is 0 Å². The zero-order valence-corrected chi connectivity index (χ0v) is 15.1. The molecular weight excluding hydrogens is 364 g/mol. The molecule has 1 N–H and O–H groups in total. The van der Waals surface area contributed by atoms with Gasteiger partial charge in [0.1, 0.15) is 5.82 Å². The van der Waals surface area contributed by atoms with E-state index in [-0.39, 0.29) is 0 Å². The summed E-state index contributed by atoms with van der Waals surface area (Å²) in [7, 11) is 0. The average molecular weight is 383 g/mol. The lowest BCUT2D eigenvalue weighted by Crippen LogP contribution is -2.23. The minimum atomic E-state index is 0.589. The molecule has 1 aromatic heterocycles. The number of benzene rings is 2. The molecule has 0 bridgehead atoms. The van der Waals surface area contributed by atoms with Crippen molar-refractivity contribution >= 4 is 33.4 Å². The molecule has 0 saturated carbocycles. The maximum atomic E-state index is 4.66. The summed E-state index contributed by atoms with van der Waals surface area (Å²) in [5.74, 6) is 1.50. The normalized spacial score (nSPS) is 10.4. The first kappa shape index (κ1) is 16.5. The lowest BCUT2D eigenvalue weighted by Gasteiger charge is -2.22. The summed E-state index contributed by atoms with van der Waals surface area (Å²) in [5, 5.41) is 3.26. The van der Waals surface area contributed by atoms with E-state index < -0.39 is 0 Å². The molecule has 0 saturated heterocycles. The molecule has 3 aromatic rings. The number of hydrogen-bond acceptors (Lipinski definition) is 4. The number of para-hydroxylation sites is 1. The van der Waals surface area contributed by atoms with Crippen LogP contribution in [0.5, 0.6) is 0 Å². The van der Waals surface area contributed by atoms with E-state index in [0.29, 0.717) is 5.95 Å². The van der Waals surface area contributed by atoms with Gasteiger partial charge in [-0.25, -0.2) is 4.98 Å². The highest BCUT2D eigenvalue weighted by Crippen LogP contribution is 2.24. The van der Waals surface area contributed by atoms with Crippen LogP contribution in [-0.2, 0) is 6.54 Å². The average Bonchev–Trinajstić information content (AvgIpc) is 2.63. The quantitative estimate of drug-likeness (QED) is 0.650. The minimum Gasteiger partial charge on any atom is -0.352 e. The Morgan fingerprint density at radius 3 is 2.50 bits per heavy atom. The van der Waals surface area contributed by atoms with E-state index in [1.165, 1.54) is 5.56 Å². The van der Waals surface area contributed by atoms with Crippen LogP contribution in [0.15, 0.2) is 71.3 Å². The van der Waals surface area contributed by atoms with Crippen LogP contribution in [0.3, 0.4) is 0 Å². The third-order valence-corrected chi connectivity index (χ3v) is 4.37. The minimum absolute atomic E-state index is 0.589. The third-order valence-electron chi connectivity index (χ3n) is 3.68. The van der Waals surface area contributed by atoms with Gasteiger partial charge in [-0.1, -0.05) is 42.5 Å². The van der Waals surface area contributed by atoms with E-state index in [2.05, 4.69) is 67.3 Å². The molecule has 0 fully saturated rings. The summed E-state index contributed by atoms with van der Waals surface area (Å²) in [6.07, 6.45) is 1.79. The SMILES string of the molecule is CCN(Cc1ccccc1)c1ccnc(Nc2ccccc2Br)n1. The lowest BCUT2D eigenvalue weighted by atomic mass is 10.2. The Morgan fingerprint density at radius 1 is 1.00 bits per heavy atom. The fourth-order valence-corrected chi connectivity index (χ4v) is 2.81. The van der Waals surface area contributed by atoms with Crippen LogP contribution in [0.4, 0.5) is 17.5 Å². The van der Waals surface area contributed by atoms with Gasteiger partial charge < -0.3 is 10.2 Å². The Hall–Kier alpha value is -2.40. The first-order valence-corrected chi connectivity index (χ1v) is 8.69. The second-order valence-electron chi connectivity index (χ2n) is 5.34. The van der Waals surface area contributed by atoms with Gasteiger partial charge in [0.15, 0.2) is 0 Å². The second kappa shape index (κ2) is 7.93. The molecule has 0 aliphatic rings. The Kier molecular flexibility index (Phi) is 5.43. The van der Waals surface area contributed by atoms with Crippen molar-refractivity contribution < 1.29 is 0 Å². The Morgan fingerprint density at radius 2 is 1.75 bits per heavy atom. The molecule has 4 nitrogen and oxygen atoms in total. The molecule has 0 unspecified atom stereocenters.